The number of rotatable bonds is 8. The normalized spacial score (nSPS) is 11.5. The predicted octanol–water partition coefficient (Wildman–Crippen LogP) is 5.68. The Labute approximate surface area is 192 Å². The van der Waals surface area contributed by atoms with Gasteiger partial charge in [-0.05, 0) is 54.3 Å². The Morgan fingerprint density at radius 2 is 1.91 bits per heavy atom. The molecule has 166 valence electrons. The van der Waals surface area contributed by atoms with Crippen LogP contribution in [0.1, 0.15) is 53.6 Å². The van der Waals surface area contributed by atoms with Gasteiger partial charge in [0.1, 0.15) is 29.7 Å². The molecule has 33 heavy (non-hydrogen) atoms. The fourth-order valence-electron chi connectivity index (χ4n) is 3.34. The highest BCUT2D eigenvalue weighted by molar-refractivity contribution is 6.02. The molecule has 0 bridgehead atoms. The van der Waals surface area contributed by atoms with Gasteiger partial charge in [0.15, 0.2) is 11.6 Å². The summed E-state index contributed by atoms with van der Waals surface area (Å²) in [6.45, 7) is 4.55. The average Bonchev–Trinajstić information content (AvgIpc) is 3.50. The lowest BCUT2D eigenvalue weighted by molar-refractivity contribution is 0.0992. The van der Waals surface area contributed by atoms with Crippen molar-refractivity contribution in [3.05, 3.63) is 95.6 Å². The van der Waals surface area contributed by atoms with E-state index in [0.29, 0.717) is 11.7 Å². The molecule has 1 amide bonds. The number of aromatic nitrogens is 2. The van der Waals surface area contributed by atoms with E-state index in [0.717, 1.165) is 17.9 Å². The maximum Gasteiger partial charge on any atom is 0.292 e. The molecule has 0 spiro atoms. The molecule has 1 atom stereocenters. The SMILES string of the molecule is CCC(C)c1ccc(OCc2ccc(C(=O)Nc3c(C#N)cnn3-c3ccccc3)o2)cc1. The zero-order valence-corrected chi connectivity index (χ0v) is 18.5. The van der Waals surface area contributed by atoms with Crippen LogP contribution in [0.2, 0.25) is 0 Å². The number of furan rings is 1. The monoisotopic (exact) mass is 440 g/mol. The fourth-order valence-corrected chi connectivity index (χ4v) is 3.34. The third kappa shape index (κ3) is 4.96. The van der Waals surface area contributed by atoms with Crippen LogP contribution >= 0.6 is 0 Å². The summed E-state index contributed by atoms with van der Waals surface area (Å²) in [4.78, 5) is 12.8. The van der Waals surface area contributed by atoms with E-state index in [4.69, 9.17) is 9.15 Å². The highest BCUT2D eigenvalue weighted by Gasteiger charge is 2.18. The number of hydrogen-bond acceptors (Lipinski definition) is 5. The molecule has 0 saturated carbocycles. The number of anilines is 1. The van der Waals surface area contributed by atoms with Crippen molar-refractivity contribution < 1.29 is 13.9 Å². The first-order valence-corrected chi connectivity index (χ1v) is 10.8. The van der Waals surface area contributed by atoms with Crippen LogP contribution in [0.5, 0.6) is 5.75 Å². The highest BCUT2D eigenvalue weighted by Crippen LogP contribution is 2.23. The number of carbonyl (C=O) groups is 1. The van der Waals surface area contributed by atoms with Gasteiger partial charge in [-0.2, -0.15) is 10.4 Å². The van der Waals surface area contributed by atoms with Gasteiger partial charge in [-0.15, -0.1) is 0 Å². The molecule has 2 aromatic heterocycles. The summed E-state index contributed by atoms with van der Waals surface area (Å²) < 4.78 is 13.0. The lowest BCUT2D eigenvalue weighted by Gasteiger charge is -2.10. The molecule has 7 nitrogen and oxygen atoms in total. The molecule has 0 aliphatic carbocycles. The first-order chi connectivity index (χ1) is 16.1. The fraction of sp³-hybridized carbons (Fsp3) is 0.192. The second kappa shape index (κ2) is 9.88. The summed E-state index contributed by atoms with van der Waals surface area (Å²) in [6, 6.07) is 22.6. The summed E-state index contributed by atoms with van der Waals surface area (Å²) in [5, 5.41) is 16.4. The van der Waals surface area contributed by atoms with Gasteiger partial charge in [0.2, 0.25) is 0 Å². The Morgan fingerprint density at radius 1 is 1.15 bits per heavy atom. The summed E-state index contributed by atoms with van der Waals surface area (Å²) in [5.41, 5.74) is 2.25. The van der Waals surface area contributed by atoms with Crippen LogP contribution in [0.25, 0.3) is 5.69 Å². The van der Waals surface area contributed by atoms with E-state index < -0.39 is 5.91 Å². The molecule has 7 heteroatoms. The standard InChI is InChI=1S/C26H24N4O3/c1-3-18(2)19-9-11-22(12-10-19)32-17-23-13-14-24(33-23)26(31)29-25-20(15-27)16-28-30(25)21-7-5-4-6-8-21/h4-14,16,18H,3,17H2,1-2H3,(H,29,31). The molecule has 0 saturated heterocycles. The van der Waals surface area contributed by atoms with Crippen molar-refractivity contribution in [3.63, 3.8) is 0 Å². The molecule has 1 N–H and O–H groups in total. The molecular weight excluding hydrogens is 416 g/mol. The Kier molecular flexibility index (Phi) is 6.56. The first-order valence-electron chi connectivity index (χ1n) is 10.8. The van der Waals surface area contributed by atoms with Gasteiger partial charge in [-0.1, -0.05) is 44.2 Å². The third-order valence-corrected chi connectivity index (χ3v) is 5.45. The Balaban J connectivity index is 1.43. The molecule has 0 aliphatic heterocycles. The summed E-state index contributed by atoms with van der Waals surface area (Å²) >= 11 is 0. The second-order valence-corrected chi connectivity index (χ2v) is 7.65. The molecule has 1 unspecified atom stereocenters. The molecule has 0 fully saturated rings. The van der Waals surface area contributed by atoms with Gasteiger partial charge in [0.05, 0.1) is 11.9 Å². The number of carbonyl (C=O) groups excluding carboxylic acids is 1. The minimum atomic E-state index is -0.478. The van der Waals surface area contributed by atoms with Crippen LogP contribution in [-0.4, -0.2) is 15.7 Å². The van der Waals surface area contributed by atoms with Crippen LogP contribution in [-0.2, 0) is 6.61 Å². The van der Waals surface area contributed by atoms with Gasteiger partial charge < -0.3 is 14.5 Å². The summed E-state index contributed by atoms with van der Waals surface area (Å²) in [7, 11) is 0. The lowest BCUT2D eigenvalue weighted by atomic mass is 9.99. The predicted molar refractivity (Wildman–Crippen MR) is 124 cm³/mol. The molecule has 2 aromatic carbocycles. The zero-order chi connectivity index (χ0) is 23.2. The molecule has 4 aromatic rings. The minimum Gasteiger partial charge on any atom is -0.486 e. The number of hydrogen-bond donors (Lipinski definition) is 1. The molecular formula is C26H24N4O3. The summed E-state index contributed by atoms with van der Waals surface area (Å²) in [5.74, 6) is 1.67. The van der Waals surface area contributed by atoms with Crippen LogP contribution < -0.4 is 10.1 Å². The van der Waals surface area contributed by atoms with Crippen LogP contribution in [0.4, 0.5) is 5.82 Å². The van der Waals surface area contributed by atoms with E-state index >= 15 is 0 Å². The number of ether oxygens (including phenoxy) is 1. The average molecular weight is 441 g/mol. The van der Waals surface area contributed by atoms with Crippen molar-refractivity contribution in [2.24, 2.45) is 0 Å². The van der Waals surface area contributed by atoms with Crippen molar-refractivity contribution in [1.82, 2.24) is 9.78 Å². The molecule has 0 aliphatic rings. The Bertz CT molecular complexity index is 1270. The number of para-hydroxylation sites is 1. The van der Waals surface area contributed by atoms with Crippen molar-refractivity contribution in [3.8, 4) is 17.5 Å². The maximum absolute atomic E-state index is 12.8. The van der Waals surface area contributed by atoms with Gasteiger partial charge in [-0.25, -0.2) is 4.68 Å². The maximum atomic E-state index is 12.8. The molecule has 2 heterocycles. The third-order valence-electron chi connectivity index (χ3n) is 5.45. The van der Waals surface area contributed by atoms with E-state index in [1.54, 1.807) is 12.1 Å². The summed E-state index contributed by atoms with van der Waals surface area (Å²) in [6.07, 6.45) is 2.50. The van der Waals surface area contributed by atoms with Crippen molar-refractivity contribution in [2.45, 2.75) is 32.8 Å². The smallest absolute Gasteiger partial charge is 0.292 e. The van der Waals surface area contributed by atoms with Crippen LogP contribution in [0.15, 0.2) is 77.3 Å². The van der Waals surface area contributed by atoms with E-state index in [-0.39, 0.29) is 23.7 Å². The molecule has 0 radical (unpaired) electrons. The van der Waals surface area contributed by atoms with Gasteiger partial charge >= 0.3 is 0 Å². The molecule has 4 rings (SSSR count). The Morgan fingerprint density at radius 3 is 2.61 bits per heavy atom. The van der Waals surface area contributed by atoms with Crippen LogP contribution in [0.3, 0.4) is 0 Å². The lowest BCUT2D eigenvalue weighted by Crippen LogP contribution is -2.15. The van der Waals surface area contributed by atoms with Gasteiger partial charge in [-0.3, -0.25) is 4.79 Å². The zero-order valence-electron chi connectivity index (χ0n) is 18.5. The van der Waals surface area contributed by atoms with Crippen molar-refractivity contribution >= 4 is 11.7 Å². The largest absolute Gasteiger partial charge is 0.486 e. The van der Waals surface area contributed by atoms with Crippen molar-refractivity contribution in [2.75, 3.05) is 5.32 Å². The first kappa shape index (κ1) is 21.9. The van der Waals surface area contributed by atoms with Gasteiger partial charge in [0.25, 0.3) is 5.91 Å². The highest BCUT2D eigenvalue weighted by atomic mass is 16.5. The van der Waals surface area contributed by atoms with Crippen molar-refractivity contribution in [1.29, 1.82) is 5.26 Å². The van der Waals surface area contributed by atoms with E-state index in [1.165, 1.54) is 16.4 Å². The quantitative estimate of drug-likeness (QED) is 0.380. The van der Waals surface area contributed by atoms with Crippen LogP contribution in [0, 0.1) is 11.3 Å². The Hall–Kier alpha value is -4.31. The number of amides is 1. The van der Waals surface area contributed by atoms with Gasteiger partial charge in [0, 0.05) is 0 Å². The van der Waals surface area contributed by atoms with E-state index in [2.05, 4.69) is 42.5 Å². The number of nitriles is 1. The second-order valence-electron chi connectivity index (χ2n) is 7.65. The number of nitrogens with one attached hydrogen (secondary N) is 1. The number of nitrogens with zero attached hydrogens (tertiary/aromatic N) is 3. The number of benzene rings is 2. The topological polar surface area (TPSA) is 93.1 Å². The minimum absolute atomic E-state index is 0.116. The van der Waals surface area contributed by atoms with E-state index in [1.807, 2.05) is 42.5 Å². The van der Waals surface area contributed by atoms with E-state index in [9.17, 15) is 10.1 Å².